The minimum atomic E-state index is 0.524. The summed E-state index contributed by atoms with van der Waals surface area (Å²) >= 11 is 0. The zero-order valence-corrected chi connectivity index (χ0v) is 9.06. The van der Waals surface area contributed by atoms with Gasteiger partial charge >= 0.3 is 0 Å². The van der Waals surface area contributed by atoms with Crippen LogP contribution in [-0.4, -0.2) is 34.0 Å². The van der Waals surface area contributed by atoms with E-state index in [0.717, 1.165) is 32.5 Å². The highest BCUT2D eigenvalue weighted by molar-refractivity contribution is 5.77. The van der Waals surface area contributed by atoms with Crippen LogP contribution in [0.2, 0.25) is 0 Å². The molecule has 0 bridgehead atoms. The lowest BCUT2D eigenvalue weighted by Crippen LogP contribution is -2.33. The Bertz CT molecular complexity index is 279. The lowest BCUT2D eigenvalue weighted by Gasteiger charge is -2.04. The molecule has 0 aliphatic heterocycles. The molecular weight excluding hydrogens is 192 g/mol. The third-order valence-corrected chi connectivity index (χ3v) is 1.85. The molecular formula is C9H18N6. The zero-order valence-electron chi connectivity index (χ0n) is 9.06. The molecule has 0 saturated carbocycles. The maximum absolute atomic E-state index is 5.62. The normalized spacial score (nSPS) is 11.7. The fourth-order valence-corrected chi connectivity index (χ4v) is 1.10. The lowest BCUT2D eigenvalue weighted by molar-refractivity contribution is 0.553. The molecule has 15 heavy (non-hydrogen) atoms. The number of nitrogens with zero attached hydrogens (tertiary/aromatic N) is 4. The second kappa shape index (κ2) is 6.80. The van der Waals surface area contributed by atoms with E-state index >= 15 is 0 Å². The number of aliphatic imine (C=N–C) groups is 1. The monoisotopic (exact) mass is 210 g/mol. The summed E-state index contributed by atoms with van der Waals surface area (Å²) in [6, 6.07) is 0. The fourth-order valence-electron chi connectivity index (χ4n) is 1.10. The summed E-state index contributed by atoms with van der Waals surface area (Å²) in [5.74, 6) is 0.524. The number of rotatable bonds is 6. The molecule has 1 aromatic rings. The smallest absolute Gasteiger partial charge is 0.188 e. The van der Waals surface area contributed by atoms with Crippen molar-refractivity contribution in [2.75, 3.05) is 13.1 Å². The minimum absolute atomic E-state index is 0.524. The van der Waals surface area contributed by atoms with Gasteiger partial charge in [-0.25, -0.2) is 0 Å². The van der Waals surface area contributed by atoms with Crippen LogP contribution in [0.5, 0.6) is 0 Å². The number of hydrogen-bond acceptors (Lipinski definition) is 3. The molecule has 0 unspecified atom stereocenters. The van der Waals surface area contributed by atoms with E-state index < -0.39 is 0 Å². The largest absolute Gasteiger partial charge is 0.370 e. The maximum atomic E-state index is 5.62. The highest BCUT2D eigenvalue weighted by Crippen LogP contribution is 1.85. The van der Waals surface area contributed by atoms with E-state index in [2.05, 4.69) is 27.5 Å². The first-order valence-corrected chi connectivity index (χ1v) is 5.21. The van der Waals surface area contributed by atoms with E-state index in [9.17, 15) is 0 Å². The van der Waals surface area contributed by atoms with Crippen molar-refractivity contribution in [2.24, 2.45) is 10.7 Å². The van der Waals surface area contributed by atoms with E-state index in [-0.39, 0.29) is 0 Å². The van der Waals surface area contributed by atoms with Gasteiger partial charge in [0, 0.05) is 25.8 Å². The topological polar surface area (TPSA) is 81.1 Å². The van der Waals surface area contributed by atoms with E-state index in [1.54, 1.807) is 10.9 Å². The first kappa shape index (κ1) is 11.5. The summed E-state index contributed by atoms with van der Waals surface area (Å²) in [5.41, 5.74) is 5.62. The van der Waals surface area contributed by atoms with Crippen LogP contribution >= 0.6 is 0 Å². The molecule has 0 amide bonds. The zero-order chi connectivity index (χ0) is 10.9. The van der Waals surface area contributed by atoms with Gasteiger partial charge in [-0.15, -0.1) is 5.10 Å². The van der Waals surface area contributed by atoms with Crippen LogP contribution in [0.25, 0.3) is 0 Å². The molecule has 6 nitrogen and oxygen atoms in total. The van der Waals surface area contributed by atoms with Gasteiger partial charge in [-0.2, -0.15) is 0 Å². The van der Waals surface area contributed by atoms with Gasteiger partial charge in [-0.1, -0.05) is 12.1 Å². The molecule has 0 atom stereocenters. The Balaban J connectivity index is 2.06. The Morgan fingerprint density at radius 3 is 3.13 bits per heavy atom. The first-order chi connectivity index (χ1) is 7.33. The average molecular weight is 210 g/mol. The fraction of sp³-hybridized carbons (Fsp3) is 0.667. The molecule has 0 spiro atoms. The number of guanidine groups is 1. The van der Waals surface area contributed by atoms with Crippen LogP contribution in [-0.2, 0) is 6.54 Å². The predicted octanol–water partition coefficient (Wildman–Crippen LogP) is -0.0175. The second-order valence-corrected chi connectivity index (χ2v) is 3.21. The van der Waals surface area contributed by atoms with Gasteiger partial charge in [-0.05, 0) is 12.8 Å². The Hall–Kier alpha value is -1.59. The van der Waals surface area contributed by atoms with E-state index in [4.69, 9.17) is 5.73 Å². The predicted molar refractivity (Wildman–Crippen MR) is 59.4 cm³/mol. The van der Waals surface area contributed by atoms with Gasteiger partial charge in [0.05, 0.1) is 6.20 Å². The van der Waals surface area contributed by atoms with Crippen LogP contribution < -0.4 is 11.1 Å². The van der Waals surface area contributed by atoms with E-state index in [0.29, 0.717) is 5.96 Å². The Morgan fingerprint density at radius 2 is 2.47 bits per heavy atom. The van der Waals surface area contributed by atoms with Crippen LogP contribution in [0.1, 0.15) is 19.8 Å². The van der Waals surface area contributed by atoms with Crippen molar-refractivity contribution in [1.82, 2.24) is 20.3 Å². The second-order valence-electron chi connectivity index (χ2n) is 3.21. The Labute approximate surface area is 89.6 Å². The molecule has 0 aliphatic rings. The third kappa shape index (κ3) is 4.99. The van der Waals surface area contributed by atoms with Crippen molar-refractivity contribution in [3.8, 4) is 0 Å². The van der Waals surface area contributed by atoms with Crippen molar-refractivity contribution in [3.63, 3.8) is 0 Å². The molecule has 0 radical (unpaired) electrons. The standard InChI is InChI=1S/C9H18N6/c1-2-4-11-9(10)12-5-3-7-15-8-6-13-14-15/h6,8H,2-5,7H2,1H3,(H3,10,11,12). The molecule has 1 aromatic heterocycles. The van der Waals surface area contributed by atoms with Gasteiger partial charge in [0.25, 0.3) is 0 Å². The first-order valence-electron chi connectivity index (χ1n) is 5.21. The number of hydrogen-bond donors (Lipinski definition) is 2. The number of nitrogens with one attached hydrogen (secondary N) is 1. The van der Waals surface area contributed by atoms with Gasteiger partial charge in [0.2, 0.25) is 0 Å². The van der Waals surface area contributed by atoms with Crippen LogP contribution in [0, 0.1) is 0 Å². The minimum Gasteiger partial charge on any atom is -0.370 e. The van der Waals surface area contributed by atoms with Crippen molar-refractivity contribution in [2.45, 2.75) is 26.3 Å². The maximum Gasteiger partial charge on any atom is 0.188 e. The molecule has 1 rings (SSSR count). The van der Waals surface area contributed by atoms with Crippen molar-refractivity contribution >= 4 is 5.96 Å². The quantitative estimate of drug-likeness (QED) is 0.393. The Morgan fingerprint density at radius 1 is 1.60 bits per heavy atom. The summed E-state index contributed by atoms with van der Waals surface area (Å²) in [6.07, 6.45) is 5.48. The molecule has 3 N–H and O–H groups in total. The molecule has 6 heteroatoms. The lowest BCUT2D eigenvalue weighted by atomic mass is 10.4. The highest BCUT2D eigenvalue weighted by Gasteiger charge is 1.93. The number of aryl methyl sites for hydroxylation is 1. The van der Waals surface area contributed by atoms with Crippen molar-refractivity contribution in [1.29, 1.82) is 0 Å². The number of nitrogens with two attached hydrogens (primary N) is 1. The van der Waals surface area contributed by atoms with Crippen molar-refractivity contribution in [3.05, 3.63) is 12.4 Å². The molecule has 0 aromatic carbocycles. The van der Waals surface area contributed by atoms with E-state index in [1.165, 1.54) is 0 Å². The summed E-state index contributed by atoms with van der Waals surface area (Å²) in [4.78, 5) is 4.13. The summed E-state index contributed by atoms with van der Waals surface area (Å²) < 4.78 is 1.79. The van der Waals surface area contributed by atoms with Crippen LogP contribution in [0.4, 0.5) is 0 Å². The van der Waals surface area contributed by atoms with Crippen LogP contribution in [0.15, 0.2) is 17.4 Å². The SMILES string of the molecule is CCCN=C(N)NCCCn1ccnn1. The van der Waals surface area contributed by atoms with Gasteiger partial charge in [0.1, 0.15) is 0 Å². The third-order valence-electron chi connectivity index (χ3n) is 1.85. The molecule has 1 heterocycles. The van der Waals surface area contributed by atoms with Gasteiger partial charge in [-0.3, -0.25) is 9.67 Å². The van der Waals surface area contributed by atoms with Gasteiger partial charge in [0.15, 0.2) is 5.96 Å². The van der Waals surface area contributed by atoms with Gasteiger partial charge < -0.3 is 11.1 Å². The number of aromatic nitrogens is 3. The Kier molecular flexibility index (Phi) is 5.21. The average Bonchev–Trinajstić information content (AvgIpc) is 2.74. The molecule has 84 valence electrons. The summed E-state index contributed by atoms with van der Waals surface area (Å²) in [7, 11) is 0. The summed E-state index contributed by atoms with van der Waals surface area (Å²) in [5, 5.41) is 10.6. The highest BCUT2D eigenvalue weighted by atomic mass is 15.4. The summed E-state index contributed by atoms with van der Waals surface area (Å²) in [6.45, 7) is 4.50. The van der Waals surface area contributed by atoms with E-state index in [1.807, 2.05) is 6.20 Å². The molecule has 0 fully saturated rings. The van der Waals surface area contributed by atoms with Crippen molar-refractivity contribution < 1.29 is 0 Å². The molecule has 0 saturated heterocycles. The van der Waals surface area contributed by atoms with Crippen LogP contribution in [0.3, 0.4) is 0 Å². The molecule has 0 aliphatic carbocycles.